The minimum absolute atomic E-state index is 0.0438. The van der Waals surface area contributed by atoms with Crippen molar-refractivity contribution in [1.82, 2.24) is 19.6 Å². The first kappa shape index (κ1) is 22.6. The number of ether oxygens (including phenoxy) is 1. The van der Waals surface area contributed by atoms with Crippen molar-refractivity contribution in [2.24, 2.45) is 0 Å². The van der Waals surface area contributed by atoms with Crippen LogP contribution in [0.2, 0.25) is 0 Å². The predicted molar refractivity (Wildman–Crippen MR) is 120 cm³/mol. The molecule has 1 aromatic rings. The molecular formula is C24H34N4O4. The Balaban J connectivity index is 1.32. The van der Waals surface area contributed by atoms with Gasteiger partial charge in [0.25, 0.3) is 5.91 Å². The van der Waals surface area contributed by atoms with E-state index in [0.29, 0.717) is 51.5 Å². The molecule has 0 radical (unpaired) electrons. The highest BCUT2D eigenvalue weighted by Crippen LogP contribution is 2.37. The van der Waals surface area contributed by atoms with Crippen molar-refractivity contribution in [2.45, 2.75) is 50.6 Å². The first-order valence-corrected chi connectivity index (χ1v) is 11.8. The van der Waals surface area contributed by atoms with E-state index in [1.54, 1.807) is 16.8 Å². The first-order valence-electron chi connectivity index (χ1n) is 11.8. The minimum Gasteiger partial charge on any atom is -0.450 e. The molecule has 0 atom stereocenters. The second-order valence-corrected chi connectivity index (χ2v) is 9.02. The lowest BCUT2D eigenvalue weighted by Gasteiger charge is -2.45. The number of hydrogen-bond donors (Lipinski definition) is 0. The van der Waals surface area contributed by atoms with Gasteiger partial charge in [-0.15, -0.1) is 0 Å². The third-order valence-corrected chi connectivity index (χ3v) is 7.40. The molecule has 3 heterocycles. The van der Waals surface area contributed by atoms with Gasteiger partial charge >= 0.3 is 12.1 Å². The highest BCUT2D eigenvalue weighted by Gasteiger charge is 2.56. The molecule has 1 spiro atoms. The van der Waals surface area contributed by atoms with Gasteiger partial charge < -0.3 is 19.4 Å². The van der Waals surface area contributed by atoms with Gasteiger partial charge in [-0.2, -0.15) is 0 Å². The average Bonchev–Trinajstić information content (AvgIpc) is 3.00. The average molecular weight is 443 g/mol. The Hall–Kier alpha value is -2.61. The summed E-state index contributed by atoms with van der Waals surface area (Å²) in [6, 6.07) is 10.2. The fraction of sp³-hybridized carbons (Fsp3) is 0.625. The summed E-state index contributed by atoms with van der Waals surface area (Å²) in [4.78, 5) is 45.6. The molecule has 3 saturated heterocycles. The van der Waals surface area contributed by atoms with E-state index in [0.717, 1.165) is 31.5 Å². The summed E-state index contributed by atoms with van der Waals surface area (Å²) in [5.41, 5.74) is 0.413. The Labute approximate surface area is 190 Å². The molecule has 1 aromatic carbocycles. The third kappa shape index (κ3) is 4.20. The zero-order valence-electron chi connectivity index (χ0n) is 19.2. The fourth-order valence-corrected chi connectivity index (χ4v) is 5.37. The van der Waals surface area contributed by atoms with E-state index in [9.17, 15) is 14.4 Å². The molecule has 0 aromatic heterocycles. The van der Waals surface area contributed by atoms with Gasteiger partial charge in [-0.1, -0.05) is 30.3 Å². The lowest BCUT2D eigenvalue weighted by Crippen LogP contribution is -2.58. The summed E-state index contributed by atoms with van der Waals surface area (Å²) in [5, 5.41) is 0. The topological polar surface area (TPSA) is 73.4 Å². The Kier molecular flexibility index (Phi) is 6.69. The molecule has 0 bridgehead atoms. The summed E-state index contributed by atoms with van der Waals surface area (Å²) in [5.74, 6) is -0.0438. The zero-order valence-corrected chi connectivity index (χ0v) is 19.2. The molecule has 8 nitrogen and oxygen atoms in total. The lowest BCUT2D eigenvalue weighted by molar-refractivity contribution is -0.135. The molecule has 3 fully saturated rings. The van der Waals surface area contributed by atoms with Crippen LogP contribution in [0.3, 0.4) is 0 Å². The maximum atomic E-state index is 13.4. The van der Waals surface area contributed by atoms with Crippen LogP contribution in [-0.4, -0.2) is 95.6 Å². The molecule has 0 aliphatic carbocycles. The highest BCUT2D eigenvalue weighted by atomic mass is 16.6. The minimum atomic E-state index is -0.712. The maximum Gasteiger partial charge on any atom is 0.409 e. The van der Waals surface area contributed by atoms with Gasteiger partial charge in [-0.05, 0) is 44.6 Å². The van der Waals surface area contributed by atoms with Crippen LogP contribution >= 0.6 is 0 Å². The smallest absolute Gasteiger partial charge is 0.409 e. The van der Waals surface area contributed by atoms with Crippen LogP contribution in [0, 0.1) is 0 Å². The molecular weight excluding hydrogens is 408 g/mol. The number of rotatable bonds is 5. The monoisotopic (exact) mass is 442 g/mol. The summed E-state index contributed by atoms with van der Waals surface area (Å²) in [7, 11) is 1.77. The van der Waals surface area contributed by atoms with Crippen LogP contribution in [0.1, 0.15) is 38.2 Å². The molecule has 4 rings (SSSR count). The number of nitrogens with zero attached hydrogens (tertiary/aromatic N) is 4. The molecule has 3 aliphatic rings. The largest absolute Gasteiger partial charge is 0.450 e. The molecule has 0 saturated carbocycles. The molecule has 8 heteroatoms. The van der Waals surface area contributed by atoms with E-state index < -0.39 is 5.54 Å². The SMILES string of the molecule is CCOC(=O)N1CCC(N2CCC3(CC2)C(=O)N(CCc2ccccc2)C(=O)N3C)CC1. The van der Waals surface area contributed by atoms with Crippen molar-refractivity contribution in [3.05, 3.63) is 35.9 Å². The van der Waals surface area contributed by atoms with Gasteiger partial charge in [0.1, 0.15) is 5.54 Å². The predicted octanol–water partition coefficient (Wildman–Crippen LogP) is 2.58. The van der Waals surface area contributed by atoms with E-state index in [-0.39, 0.29) is 18.0 Å². The summed E-state index contributed by atoms with van der Waals surface area (Å²) in [6.07, 6.45) is 3.60. The maximum absolute atomic E-state index is 13.4. The quantitative estimate of drug-likeness (QED) is 0.656. The second kappa shape index (κ2) is 9.48. The summed E-state index contributed by atoms with van der Waals surface area (Å²) in [6.45, 7) is 5.63. The van der Waals surface area contributed by atoms with Crippen molar-refractivity contribution < 1.29 is 19.1 Å². The lowest BCUT2D eigenvalue weighted by atomic mass is 9.85. The van der Waals surface area contributed by atoms with Crippen molar-refractivity contribution in [3.8, 4) is 0 Å². The van der Waals surface area contributed by atoms with Crippen LogP contribution in [-0.2, 0) is 16.0 Å². The van der Waals surface area contributed by atoms with Gasteiger partial charge in [0.15, 0.2) is 0 Å². The van der Waals surface area contributed by atoms with Crippen LogP contribution in [0.15, 0.2) is 30.3 Å². The Morgan fingerprint density at radius 1 is 1.06 bits per heavy atom. The Bertz CT molecular complexity index is 830. The van der Waals surface area contributed by atoms with Gasteiger partial charge in [0.2, 0.25) is 0 Å². The van der Waals surface area contributed by atoms with E-state index in [1.165, 1.54) is 4.90 Å². The van der Waals surface area contributed by atoms with Gasteiger partial charge in [-0.3, -0.25) is 9.69 Å². The highest BCUT2D eigenvalue weighted by molar-refractivity contribution is 6.07. The summed E-state index contributed by atoms with van der Waals surface area (Å²) < 4.78 is 5.11. The number of amides is 4. The number of carbonyl (C=O) groups is 3. The number of benzene rings is 1. The number of likely N-dealkylation sites (N-methyl/N-ethyl adjacent to an activating group) is 1. The fourth-order valence-electron chi connectivity index (χ4n) is 5.37. The Morgan fingerprint density at radius 2 is 1.72 bits per heavy atom. The molecule has 174 valence electrons. The zero-order chi connectivity index (χ0) is 22.7. The van der Waals surface area contributed by atoms with Crippen molar-refractivity contribution in [1.29, 1.82) is 0 Å². The molecule has 3 aliphatic heterocycles. The van der Waals surface area contributed by atoms with Crippen molar-refractivity contribution in [2.75, 3.05) is 46.4 Å². The molecule has 0 unspecified atom stereocenters. The van der Waals surface area contributed by atoms with Crippen LogP contribution < -0.4 is 0 Å². The number of likely N-dealkylation sites (tertiary alicyclic amines) is 2. The number of imide groups is 1. The number of urea groups is 1. The van der Waals surface area contributed by atoms with Crippen LogP contribution in [0.5, 0.6) is 0 Å². The van der Waals surface area contributed by atoms with Gasteiger partial charge in [0.05, 0.1) is 6.61 Å². The normalized spacial score (nSPS) is 22.1. The molecule has 4 amide bonds. The standard InChI is InChI=1S/C24H34N4O4/c1-3-32-23(31)27-14-10-20(11-15-27)26-17-12-24(13-18-26)21(29)28(22(30)25(24)2)16-9-19-7-5-4-6-8-19/h4-8,20H,3,9-18H2,1-2H3. The number of hydrogen-bond acceptors (Lipinski definition) is 5. The van der Waals surface area contributed by atoms with Gasteiger partial charge in [0, 0.05) is 45.8 Å². The van der Waals surface area contributed by atoms with E-state index in [1.807, 2.05) is 37.3 Å². The molecule has 0 N–H and O–H groups in total. The number of carbonyl (C=O) groups excluding carboxylic acids is 3. The number of piperidine rings is 2. The Morgan fingerprint density at radius 3 is 2.34 bits per heavy atom. The van der Waals surface area contributed by atoms with Crippen molar-refractivity contribution in [3.63, 3.8) is 0 Å². The van der Waals surface area contributed by atoms with Crippen LogP contribution in [0.4, 0.5) is 9.59 Å². The molecule has 32 heavy (non-hydrogen) atoms. The summed E-state index contributed by atoms with van der Waals surface area (Å²) >= 11 is 0. The van der Waals surface area contributed by atoms with E-state index in [4.69, 9.17) is 4.74 Å². The van der Waals surface area contributed by atoms with Crippen molar-refractivity contribution >= 4 is 18.0 Å². The van der Waals surface area contributed by atoms with Gasteiger partial charge in [-0.25, -0.2) is 9.59 Å². The van der Waals surface area contributed by atoms with E-state index in [2.05, 4.69) is 4.90 Å². The first-order chi connectivity index (χ1) is 15.5. The second-order valence-electron chi connectivity index (χ2n) is 9.02. The van der Waals surface area contributed by atoms with E-state index >= 15 is 0 Å². The third-order valence-electron chi connectivity index (χ3n) is 7.40. The van der Waals surface area contributed by atoms with Crippen LogP contribution in [0.25, 0.3) is 0 Å².